The zero-order chi connectivity index (χ0) is 33.5. The summed E-state index contributed by atoms with van der Waals surface area (Å²) >= 11 is 2.79. The Balaban J connectivity index is 1.29. The van der Waals surface area contributed by atoms with Crippen LogP contribution in [-0.4, -0.2) is 27.9 Å². The van der Waals surface area contributed by atoms with Crippen molar-refractivity contribution < 1.29 is 19.3 Å². The molecule has 4 aromatic rings. The zero-order valence-corrected chi connectivity index (χ0v) is 27.2. The summed E-state index contributed by atoms with van der Waals surface area (Å²) in [6.07, 6.45) is 4.21. The van der Waals surface area contributed by atoms with Crippen LogP contribution in [0.4, 0.5) is 16.4 Å². The lowest BCUT2D eigenvalue weighted by molar-refractivity contribution is -0.384. The van der Waals surface area contributed by atoms with Crippen molar-refractivity contribution in [2.75, 3.05) is 10.6 Å². The quantitative estimate of drug-likeness (QED) is 0.0702. The van der Waals surface area contributed by atoms with E-state index in [9.17, 15) is 29.8 Å². The maximum absolute atomic E-state index is 13.5. The van der Waals surface area contributed by atoms with Crippen molar-refractivity contribution in [1.29, 1.82) is 5.26 Å². The van der Waals surface area contributed by atoms with E-state index < -0.39 is 22.0 Å². The number of benzene rings is 3. The molecule has 1 aliphatic rings. The predicted octanol–water partition coefficient (Wildman–Crippen LogP) is 7.18. The smallest absolute Gasteiger partial charge is 0.272 e. The Morgan fingerprint density at radius 3 is 2.51 bits per heavy atom. The van der Waals surface area contributed by atoms with Gasteiger partial charge in [0.25, 0.3) is 17.5 Å². The first-order chi connectivity index (χ1) is 22.6. The van der Waals surface area contributed by atoms with Gasteiger partial charge >= 0.3 is 0 Å². The van der Waals surface area contributed by atoms with Crippen LogP contribution in [-0.2, 0) is 22.4 Å². The Labute approximate surface area is 280 Å². The average molecular weight is 666 g/mol. The molecule has 1 aliphatic carbocycles. The van der Waals surface area contributed by atoms with E-state index in [4.69, 9.17) is 0 Å². The van der Waals surface area contributed by atoms with Crippen LogP contribution >= 0.6 is 23.1 Å². The van der Waals surface area contributed by atoms with Gasteiger partial charge in [-0.1, -0.05) is 31.2 Å². The highest BCUT2D eigenvalue weighted by Gasteiger charge is 2.26. The number of carbonyl (C=O) groups is 3. The molecule has 3 aromatic carbocycles. The summed E-state index contributed by atoms with van der Waals surface area (Å²) < 4.78 is 0. The van der Waals surface area contributed by atoms with Crippen molar-refractivity contribution in [3.05, 3.63) is 122 Å². The number of amides is 3. The van der Waals surface area contributed by atoms with E-state index in [1.54, 1.807) is 55.5 Å². The minimum Gasteiger partial charge on any atom is -0.321 e. The number of nitriles is 1. The maximum atomic E-state index is 13.5. The minimum absolute atomic E-state index is 0.0696. The molecule has 3 N–H and O–H groups in total. The summed E-state index contributed by atoms with van der Waals surface area (Å²) in [6, 6.07) is 23.2. The monoisotopic (exact) mass is 665 g/mol. The van der Waals surface area contributed by atoms with Gasteiger partial charge in [-0.3, -0.25) is 24.5 Å². The summed E-state index contributed by atoms with van der Waals surface area (Å²) in [6.45, 7) is 3.97. The van der Waals surface area contributed by atoms with Gasteiger partial charge in [0.1, 0.15) is 16.8 Å². The lowest BCUT2D eigenvalue weighted by Gasteiger charge is -2.17. The first-order valence-electron chi connectivity index (χ1n) is 14.9. The molecule has 0 radical (unpaired) electrons. The third kappa shape index (κ3) is 8.32. The van der Waals surface area contributed by atoms with Crippen LogP contribution in [0.1, 0.15) is 52.2 Å². The third-order valence-electron chi connectivity index (χ3n) is 7.58. The van der Waals surface area contributed by atoms with Gasteiger partial charge in [0.15, 0.2) is 0 Å². The number of non-ortho nitro benzene ring substituents is 1. The molecule has 0 saturated carbocycles. The number of rotatable bonds is 10. The van der Waals surface area contributed by atoms with E-state index in [-0.39, 0.29) is 17.3 Å². The van der Waals surface area contributed by atoms with Gasteiger partial charge < -0.3 is 16.0 Å². The van der Waals surface area contributed by atoms with Crippen LogP contribution in [0.2, 0.25) is 0 Å². The number of thiophene rings is 1. The highest BCUT2D eigenvalue weighted by atomic mass is 32.2. The number of fused-ring (bicyclic) bond motifs is 1. The Morgan fingerprint density at radius 1 is 1.06 bits per heavy atom. The highest BCUT2D eigenvalue weighted by Crippen LogP contribution is 2.39. The fourth-order valence-electron chi connectivity index (χ4n) is 5.08. The fraction of sp³-hybridized carbons (Fsp3) is 0.200. The van der Waals surface area contributed by atoms with E-state index >= 15 is 0 Å². The predicted molar refractivity (Wildman–Crippen MR) is 184 cm³/mol. The van der Waals surface area contributed by atoms with Gasteiger partial charge in [0.2, 0.25) is 5.91 Å². The van der Waals surface area contributed by atoms with Gasteiger partial charge in [-0.05, 0) is 91.8 Å². The molecule has 238 valence electrons. The molecule has 0 bridgehead atoms. The molecule has 0 saturated heterocycles. The molecular weight excluding hydrogens is 635 g/mol. The first kappa shape index (κ1) is 33.1. The topological polar surface area (TPSA) is 154 Å². The number of anilines is 2. The summed E-state index contributed by atoms with van der Waals surface area (Å²) in [5.74, 6) is -0.795. The Hall–Kier alpha value is -5.25. The zero-order valence-electron chi connectivity index (χ0n) is 25.6. The Morgan fingerprint density at radius 2 is 1.81 bits per heavy atom. The second-order valence-corrected chi connectivity index (χ2v) is 13.6. The van der Waals surface area contributed by atoms with Crippen LogP contribution in [0, 0.1) is 27.4 Å². The maximum Gasteiger partial charge on any atom is 0.272 e. The van der Waals surface area contributed by atoms with Crippen LogP contribution in [0.25, 0.3) is 6.08 Å². The van der Waals surface area contributed by atoms with Gasteiger partial charge in [0.05, 0.1) is 15.7 Å². The Kier molecular flexibility index (Phi) is 10.5. The highest BCUT2D eigenvalue weighted by molar-refractivity contribution is 8.00. The van der Waals surface area contributed by atoms with Crippen LogP contribution in [0.5, 0.6) is 0 Å². The summed E-state index contributed by atoms with van der Waals surface area (Å²) in [4.78, 5) is 52.0. The van der Waals surface area contributed by atoms with Crippen molar-refractivity contribution in [2.24, 2.45) is 5.92 Å². The molecule has 10 nitrogen and oxygen atoms in total. The van der Waals surface area contributed by atoms with E-state index in [0.717, 1.165) is 29.7 Å². The summed E-state index contributed by atoms with van der Waals surface area (Å²) in [5.41, 5.74) is 2.69. The molecule has 1 aromatic heterocycles. The number of carbonyl (C=O) groups excluding carboxylic acids is 3. The van der Waals surface area contributed by atoms with Crippen molar-refractivity contribution in [3.8, 4) is 6.07 Å². The summed E-state index contributed by atoms with van der Waals surface area (Å²) in [7, 11) is 0. The van der Waals surface area contributed by atoms with Crippen LogP contribution in [0.15, 0.2) is 89.5 Å². The summed E-state index contributed by atoms with van der Waals surface area (Å²) in [5, 5.41) is 29.4. The van der Waals surface area contributed by atoms with Gasteiger partial charge in [-0.25, -0.2) is 0 Å². The number of nitro groups is 1. The van der Waals surface area contributed by atoms with Crippen molar-refractivity contribution in [1.82, 2.24) is 5.32 Å². The van der Waals surface area contributed by atoms with Gasteiger partial charge in [-0.15, -0.1) is 23.1 Å². The number of nitro benzene ring substituents is 1. The third-order valence-corrected chi connectivity index (χ3v) is 9.84. The lowest BCUT2D eigenvalue weighted by Crippen LogP contribution is -2.30. The van der Waals surface area contributed by atoms with Crippen LogP contribution < -0.4 is 16.0 Å². The van der Waals surface area contributed by atoms with Gasteiger partial charge in [-0.2, -0.15) is 5.26 Å². The fourth-order valence-corrected chi connectivity index (χ4v) is 7.37. The molecule has 2 atom stereocenters. The molecule has 0 fully saturated rings. The van der Waals surface area contributed by atoms with E-state index in [2.05, 4.69) is 28.9 Å². The molecular formula is C35H31N5O5S2. The Bertz CT molecular complexity index is 1900. The normalized spacial score (nSPS) is 14.7. The van der Waals surface area contributed by atoms with Crippen molar-refractivity contribution in [3.63, 3.8) is 0 Å². The number of nitrogens with one attached hydrogen (secondary N) is 3. The molecule has 3 amide bonds. The number of nitrogens with zero attached hydrogens (tertiary/aromatic N) is 2. The van der Waals surface area contributed by atoms with Gasteiger partial charge in [0, 0.05) is 33.2 Å². The lowest BCUT2D eigenvalue weighted by atomic mass is 9.89. The molecule has 1 heterocycles. The largest absolute Gasteiger partial charge is 0.321 e. The molecule has 2 unspecified atom stereocenters. The molecule has 0 spiro atoms. The SMILES string of the molecule is CC1CCc2c(sc(NC(=O)C(C)Sc3cccc(NC(=O)/C(=C\c4ccc([N+](=O)[O-])cc4)NC(=O)c4ccccc4)c3)c2C#N)C1. The van der Waals surface area contributed by atoms with E-state index in [0.29, 0.717) is 33.3 Å². The van der Waals surface area contributed by atoms with Crippen molar-refractivity contribution >= 4 is 63.3 Å². The molecule has 5 rings (SSSR count). The molecule has 47 heavy (non-hydrogen) atoms. The standard InChI is InChI=1S/C35H31N5O5S2/c1-21-11-16-28-29(20-36)35(47-31(28)17-21)39-32(41)22(2)46-27-10-6-9-25(19-27)37-34(43)30(38-33(42)24-7-4-3-5-8-24)18-23-12-14-26(15-13-23)40(44)45/h3-10,12-15,18-19,21-22H,11,16-17H2,1-2H3,(H,37,43)(H,38,42)(H,39,41)/b30-18+. The van der Waals surface area contributed by atoms with Crippen molar-refractivity contribution in [2.45, 2.75) is 43.3 Å². The first-order valence-corrected chi connectivity index (χ1v) is 16.6. The number of hydrogen-bond donors (Lipinski definition) is 3. The molecule has 12 heteroatoms. The van der Waals surface area contributed by atoms with Crippen LogP contribution in [0.3, 0.4) is 0 Å². The second-order valence-electron chi connectivity index (χ2n) is 11.1. The minimum atomic E-state index is -0.611. The molecule has 0 aliphatic heterocycles. The van der Waals surface area contributed by atoms with E-state index in [1.165, 1.54) is 58.3 Å². The number of hydrogen-bond acceptors (Lipinski definition) is 8. The van der Waals surface area contributed by atoms with E-state index in [1.807, 2.05) is 6.07 Å². The average Bonchev–Trinajstić information content (AvgIpc) is 3.40. The second kappa shape index (κ2) is 14.9. The number of thioether (sulfide) groups is 1.